The van der Waals surface area contributed by atoms with Gasteiger partial charge in [-0.1, -0.05) is 13.8 Å². The molecule has 0 amide bonds. The summed E-state index contributed by atoms with van der Waals surface area (Å²) in [6, 6.07) is 0.618. The van der Waals surface area contributed by atoms with E-state index >= 15 is 0 Å². The topological polar surface area (TPSA) is 59.9 Å². The fourth-order valence-electron chi connectivity index (χ4n) is 2.83. The summed E-state index contributed by atoms with van der Waals surface area (Å²) in [6.45, 7) is 12.4. The highest BCUT2D eigenvalue weighted by atomic mass is 32.1. The zero-order valence-corrected chi connectivity index (χ0v) is 17.1. The number of aliphatic imine (C=N–C) groups is 1. The second kappa shape index (κ2) is 9.91. The molecule has 142 valence electrons. The van der Waals surface area contributed by atoms with Gasteiger partial charge in [0, 0.05) is 70.3 Å². The molecule has 2 rings (SSSR count). The third-order valence-electron chi connectivity index (χ3n) is 4.93. The molecular weight excluding hydrogens is 334 g/mol. The number of nitrogens with one attached hydrogen (secondary N) is 1. The second-order valence-corrected chi connectivity index (χ2v) is 7.26. The number of hydrogen-bond donors (Lipinski definition) is 1. The molecule has 25 heavy (non-hydrogen) atoms. The average Bonchev–Trinajstić information content (AvgIpc) is 3.14. The van der Waals surface area contributed by atoms with Crippen LogP contribution in [0.1, 0.15) is 33.0 Å². The van der Waals surface area contributed by atoms with Gasteiger partial charge in [-0.15, -0.1) is 0 Å². The monoisotopic (exact) mass is 367 g/mol. The molecule has 0 spiro atoms. The third kappa shape index (κ3) is 5.54. The molecule has 2 heterocycles. The minimum absolute atomic E-state index is 0.618. The summed E-state index contributed by atoms with van der Waals surface area (Å²) < 4.78 is 4.39. The lowest BCUT2D eigenvalue weighted by molar-refractivity contribution is 0.254. The Balaban J connectivity index is 1.77. The molecule has 1 atom stereocenters. The van der Waals surface area contributed by atoms with Crippen LogP contribution in [0.3, 0.4) is 0 Å². The molecule has 1 aliphatic heterocycles. The van der Waals surface area contributed by atoms with E-state index in [0.29, 0.717) is 6.04 Å². The Morgan fingerprint density at radius 1 is 1.32 bits per heavy atom. The van der Waals surface area contributed by atoms with Crippen molar-refractivity contribution in [3.63, 3.8) is 0 Å². The molecule has 0 bridgehead atoms. The van der Waals surface area contributed by atoms with E-state index in [0.717, 1.165) is 62.6 Å². The van der Waals surface area contributed by atoms with Gasteiger partial charge < -0.3 is 20.0 Å². The molecule has 1 N–H and O–H groups in total. The summed E-state index contributed by atoms with van der Waals surface area (Å²) in [6.07, 6.45) is 2.08. The van der Waals surface area contributed by atoms with Crippen LogP contribution in [0.15, 0.2) is 4.99 Å². The van der Waals surface area contributed by atoms with E-state index in [1.54, 1.807) is 0 Å². The number of likely N-dealkylation sites (N-methyl/N-ethyl adjacent to an activating group) is 1. The quantitative estimate of drug-likeness (QED) is 0.583. The van der Waals surface area contributed by atoms with Crippen LogP contribution in [0, 0.1) is 0 Å². The van der Waals surface area contributed by atoms with Gasteiger partial charge in [0.15, 0.2) is 5.96 Å². The number of guanidine groups is 1. The zero-order chi connectivity index (χ0) is 18.2. The highest BCUT2D eigenvalue weighted by molar-refractivity contribution is 7.09. The molecule has 0 aliphatic carbocycles. The minimum Gasteiger partial charge on any atom is -0.355 e. The molecule has 1 unspecified atom stereocenters. The van der Waals surface area contributed by atoms with Crippen LogP contribution < -0.4 is 10.2 Å². The van der Waals surface area contributed by atoms with Gasteiger partial charge in [0.05, 0.1) is 0 Å². The van der Waals surface area contributed by atoms with Crippen LogP contribution in [-0.2, 0) is 6.42 Å². The van der Waals surface area contributed by atoms with Crippen molar-refractivity contribution in [2.45, 2.75) is 39.7 Å². The molecule has 1 fully saturated rings. The Labute approximate surface area is 156 Å². The first kappa shape index (κ1) is 19.9. The van der Waals surface area contributed by atoms with Crippen molar-refractivity contribution in [2.75, 3.05) is 58.3 Å². The molecule has 1 saturated heterocycles. The van der Waals surface area contributed by atoms with Crippen molar-refractivity contribution in [1.82, 2.24) is 24.5 Å². The molecule has 7 nitrogen and oxygen atoms in total. The van der Waals surface area contributed by atoms with Gasteiger partial charge in [-0.05, 0) is 20.4 Å². The van der Waals surface area contributed by atoms with Crippen molar-refractivity contribution in [3.05, 3.63) is 5.82 Å². The maximum Gasteiger partial charge on any atom is 0.205 e. The number of hydrogen-bond acceptors (Lipinski definition) is 6. The Morgan fingerprint density at radius 3 is 2.60 bits per heavy atom. The summed E-state index contributed by atoms with van der Waals surface area (Å²) in [5.74, 6) is 1.95. The molecule has 0 aromatic carbocycles. The smallest absolute Gasteiger partial charge is 0.205 e. The number of anilines is 1. The highest BCUT2D eigenvalue weighted by Gasteiger charge is 2.22. The van der Waals surface area contributed by atoms with Crippen LogP contribution in [-0.4, -0.2) is 84.5 Å². The maximum absolute atomic E-state index is 4.60. The Hall–Kier alpha value is -1.41. The second-order valence-electron chi connectivity index (χ2n) is 6.53. The molecular formula is C17H33N7S. The Kier molecular flexibility index (Phi) is 7.90. The fraction of sp³-hybridized carbons (Fsp3) is 0.824. The summed E-state index contributed by atoms with van der Waals surface area (Å²) in [4.78, 5) is 16.1. The summed E-state index contributed by atoms with van der Waals surface area (Å²) in [5.41, 5.74) is 0. The van der Waals surface area contributed by atoms with Crippen LogP contribution in [0.5, 0.6) is 0 Å². The van der Waals surface area contributed by atoms with Crippen LogP contribution >= 0.6 is 11.5 Å². The van der Waals surface area contributed by atoms with Crippen LogP contribution in [0.4, 0.5) is 5.13 Å². The van der Waals surface area contributed by atoms with Crippen molar-refractivity contribution >= 4 is 22.6 Å². The summed E-state index contributed by atoms with van der Waals surface area (Å²) >= 11 is 1.51. The molecule has 8 heteroatoms. The average molecular weight is 368 g/mol. The minimum atomic E-state index is 0.618. The van der Waals surface area contributed by atoms with Gasteiger partial charge in [0.2, 0.25) is 5.13 Å². The van der Waals surface area contributed by atoms with Crippen molar-refractivity contribution < 1.29 is 0 Å². The van der Waals surface area contributed by atoms with Crippen LogP contribution in [0.25, 0.3) is 0 Å². The number of aryl methyl sites for hydroxylation is 1. The van der Waals surface area contributed by atoms with E-state index in [-0.39, 0.29) is 0 Å². The van der Waals surface area contributed by atoms with Gasteiger partial charge in [-0.25, -0.2) is 4.98 Å². The number of rotatable bonds is 7. The third-order valence-corrected chi connectivity index (χ3v) is 5.74. The zero-order valence-electron chi connectivity index (χ0n) is 16.3. The molecule has 1 aromatic rings. The number of nitrogens with zero attached hydrogens (tertiary/aromatic N) is 6. The lowest BCUT2D eigenvalue weighted by atomic mass is 10.2. The van der Waals surface area contributed by atoms with Crippen molar-refractivity contribution in [3.8, 4) is 0 Å². The van der Waals surface area contributed by atoms with Gasteiger partial charge in [0.1, 0.15) is 5.82 Å². The normalized spacial score (nSPS) is 17.3. The SMILES string of the molecule is CCc1nsc(N2CCN(C(=NC)NCCN(C)C(C)CC)CC2)n1. The molecule has 1 aliphatic rings. The first-order valence-electron chi connectivity index (χ1n) is 9.32. The molecule has 0 saturated carbocycles. The standard InChI is InChI=1S/C17H33N7S/c1-6-14(3)22(5)9-8-19-16(18-4)23-10-12-24(13-11-23)17-20-15(7-2)21-25-17/h14H,6-13H2,1-5H3,(H,18,19). The van der Waals surface area contributed by atoms with Crippen molar-refractivity contribution in [2.24, 2.45) is 4.99 Å². The summed E-state index contributed by atoms with van der Waals surface area (Å²) in [7, 11) is 4.05. The van der Waals surface area contributed by atoms with Gasteiger partial charge in [-0.3, -0.25) is 4.99 Å². The van der Waals surface area contributed by atoms with E-state index in [4.69, 9.17) is 0 Å². The Bertz CT molecular complexity index is 537. The molecule has 0 radical (unpaired) electrons. The van der Waals surface area contributed by atoms with Crippen molar-refractivity contribution in [1.29, 1.82) is 0 Å². The first-order chi connectivity index (χ1) is 12.1. The van der Waals surface area contributed by atoms with E-state index in [9.17, 15) is 0 Å². The van der Waals surface area contributed by atoms with E-state index in [1.807, 2.05) is 7.05 Å². The number of aromatic nitrogens is 2. The van der Waals surface area contributed by atoms with E-state index in [1.165, 1.54) is 18.0 Å². The van der Waals surface area contributed by atoms with E-state index in [2.05, 4.69) is 62.2 Å². The summed E-state index contributed by atoms with van der Waals surface area (Å²) in [5, 5.41) is 4.56. The van der Waals surface area contributed by atoms with E-state index < -0.39 is 0 Å². The first-order valence-corrected chi connectivity index (χ1v) is 10.1. The lowest BCUT2D eigenvalue weighted by Crippen LogP contribution is -2.53. The van der Waals surface area contributed by atoms with Gasteiger partial charge >= 0.3 is 0 Å². The number of piperazine rings is 1. The fourth-order valence-corrected chi connectivity index (χ4v) is 3.64. The predicted molar refractivity (Wildman–Crippen MR) is 107 cm³/mol. The van der Waals surface area contributed by atoms with Gasteiger partial charge in [-0.2, -0.15) is 4.37 Å². The molecule has 1 aromatic heterocycles. The largest absolute Gasteiger partial charge is 0.355 e. The maximum atomic E-state index is 4.60. The highest BCUT2D eigenvalue weighted by Crippen LogP contribution is 2.19. The van der Waals surface area contributed by atoms with Crippen LogP contribution in [0.2, 0.25) is 0 Å². The van der Waals surface area contributed by atoms with Gasteiger partial charge in [0.25, 0.3) is 0 Å². The Morgan fingerprint density at radius 2 is 2.04 bits per heavy atom. The predicted octanol–water partition coefficient (Wildman–Crippen LogP) is 1.53. The lowest BCUT2D eigenvalue weighted by Gasteiger charge is -2.36.